The second-order valence-electron chi connectivity index (χ2n) is 4.48. The fourth-order valence-electron chi connectivity index (χ4n) is 1.70. The van der Waals surface area contributed by atoms with Crippen molar-refractivity contribution in [3.63, 3.8) is 0 Å². The van der Waals surface area contributed by atoms with Gasteiger partial charge in [-0.25, -0.2) is 23.1 Å². The van der Waals surface area contributed by atoms with Crippen LogP contribution in [-0.2, 0) is 10.0 Å². The molecule has 0 spiro atoms. The monoisotopic (exact) mass is 256 g/mol. The smallest absolute Gasteiger partial charge is 0.243 e. The van der Waals surface area contributed by atoms with Crippen LogP contribution in [0.5, 0.6) is 0 Å². The van der Waals surface area contributed by atoms with Crippen LogP contribution in [-0.4, -0.2) is 24.4 Å². The molecular formula is C10H16N4O2S. The zero-order chi connectivity index (χ0) is 12.5. The maximum Gasteiger partial charge on any atom is 0.243 e. The molecule has 17 heavy (non-hydrogen) atoms. The lowest BCUT2D eigenvalue weighted by Gasteiger charge is -2.13. The van der Waals surface area contributed by atoms with E-state index in [9.17, 15) is 8.42 Å². The highest BCUT2D eigenvalue weighted by molar-refractivity contribution is 7.89. The summed E-state index contributed by atoms with van der Waals surface area (Å²) in [5.41, 5.74) is 5.31. The van der Waals surface area contributed by atoms with Crippen LogP contribution in [0.1, 0.15) is 26.2 Å². The predicted molar refractivity (Wildman–Crippen MR) is 63.6 cm³/mol. The molecule has 1 atom stereocenters. The summed E-state index contributed by atoms with van der Waals surface area (Å²) in [6.07, 6.45) is 5.73. The summed E-state index contributed by atoms with van der Waals surface area (Å²) in [5.74, 6) is 0.741. The molecule has 1 heterocycles. The van der Waals surface area contributed by atoms with Gasteiger partial charge < -0.3 is 5.73 Å². The molecule has 0 saturated heterocycles. The number of rotatable bonds is 5. The fraction of sp³-hybridized carbons (Fsp3) is 0.600. The Balaban J connectivity index is 2.04. The maximum atomic E-state index is 11.9. The number of nitrogens with two attached hydrogens (primary N) is 1. The zero-order valence-corrected chi connectivity index (χ0v) is 10.4. The number of hydrogen-bond donors (Lipinski definition) is 2. The van der Waals surface area contributed by atoms with Gasteiger partial charge in [0, 0.05) is 6.04 Å². The van der Waals surface area contributed by atoms with E-state index in [2.05, 4.69) is 14.7 Å². The van der Waals surface area contributed by atoms with Crippen molar-refractivity contribution in [1.29, 1.82) is 0 Å². The molecule has 94 valence electrons. The van der Waals surface area contributed by atoms with Crippen molar-refractivity contribution in [2.45, 2.75) is 37.1 Å². The summed E-state index contributed by atoms with van der Waals surface area (Å²) >= 11 is 0. The molecule has 0 aromatic carbocycles. The first-order valence-corrected chi connectivity index (χ1v) is 7.05. The van der Waals surface area contributed by atoms with Crippen LogP contribution < -0.4 is 10.5 Å². The number of nitrogen functional groups attached to an aromatic ring is 1. The molecule has 7 heteroatoms. The molecular weight excluding hydrogens is 240 g/mol. The fourth-order valence-corrected chi connectivity index (χ4v) is 2.84. The van der Waals surface area contributed by atoms with Gasteiger partial charge in [0.25, 0.3) is 0 Å². The van der Waals surface area contributed by atoms with Crippen LogP contribution in [0.2, 0.25) is 0 Å². The standard InChI is InChI=1S/C10H16N4O2S/c1-7(4-8-2-3-8)14-17(15,16)9-5-12-10(11)13-6-9/h5-8,14H,2-4H2,1H3,(H2,11,12,13). The Hall–Kier alpha value is -1.21. The lowest BCUT2D eigenvalue weighted by atomic mass is 10.2. The normalized spacial score (nSPS) is 17.9. The van der Waals surface area contributed by atoms with E-state index >= 15 is 0 Å². The van der Waals surface area contributed by atoms with Gasteiger partial charge in [0.15, 0.2) is 0 Å². The SMILES string of the molecule is CC(CC1CC1)NS(=O)(=O)c1cnc(N)nc1. The van der Waals surface area contributed by atoms with Crippen LogP contribution in [0.4, 0.5) is 5.95 Å². The second kappa shape index (κ2) is 4.58. The molecule has 1 aliphatic rings. The first kappa shape index (κ1) is 12.3. The zero-order valence-electron chi connectivity index (χ0n) is 9.63. The van der Waals surface area contributed by atoms with Gasteiger partial charge in [-0.2, -0.15) is 0 Å². The molecule has 1 unspecified atom stereocenters. The Kier molecular flexibility index (Phi) is 3.30. The first-order valence-electron chi connectivity index (χ1n) is 5.57. The van der Waals surface area contributed by atoms with E-state index < -0.39 is 10.0 Å². The molecule has 6 nitrogen and oxygen atoms in total. The molecule has 3 N–H and O–H groups in total. The van der Waals surface area contributed by atoms with E-state index in [1.165, 1.54) is 25.2 Å². The predicted octanol–water partition coefficient (Wildman–Crippen LogP) is 0.526. The third-order valence-electron chi connectivity index (χ3n) is 2.70. The van der Waals surface area contributed by atoms with Gasteiger partial charge in [-0.05, 0) is 19.3 Å². The quantitative estimate of drug-likeness (QED) is 0.800. The van der Waals surface area contributed by atoms with Crippen molar-refractivity contribution in [3.05, 3.63) is 12.4 Å². The Labute approximate surface area is 101 Å². The van der Waals surface area contributed by atoms with Crippen LogP contribution >= 0.6 is 0 Å². The van der Waals surface area contributed by atoms with Gasteiger partial charge in [0.2, 0.25) is 16.0 Å². The summed E-state index contributed by atoms with van der Waals surface area (Å²) in [4.78, 5) is 7.40. The van der Waals surface area contributed by atoms with Gasteiger partial charge in [0.1, 0.15) is 4.90 Å². The largest absolute Gasteiger partial charge is 0.368 e. The molecule has 1 aromatic heterocycles. The summed E-state index contributed by atoms with van der Waals surface area (Å²) in [7, 11) is -3.52. The maximum absolute atomic E-state index is 11.9. The van der Waals surface area contributed by atoms with Gasteiger partial charge in [-0.3, -0.25) is 0 Å². The summed E-state index contributed by atoms with van der Waals surface area (Å²) < 4.78 is 26.5. The van der Waals surface area contributed by atoms with Gasteiger partial charge in [0.05, 0.1) is 12.4 Å². The Bertz CT molecular complexity index is 482. The second-order valence-corrected chi connectivity index (χ2v) is 6.19. The average molecular weight is 256 g/mol. The molecule has 1 fully saturated rings. The molecule has 2 rings (SSSR count). The summed E-state index contributed by atoms with van der Waals surface area (Å²) in [6, 6.07) is -0.0648. The lowest BCUT2D eigenvalue weighted by Crippen LogP contribution is -2.33. The molecule has 1 saturated carbocycles. The van der Waals surface area contributed by atoms with Gasteiger partial charge in [-0.1, -0.05) is 12.8 Å². The highest BCUT2D eigenvalue weighted by Crippen LogP contribution is 2.33. The van der Waals surface area contributed by atoms with Crippen LogP contribution in [0.3, 0.4) is 0 Å². The van der Waals surface area contributed by atoms with Crippen molar-refractivity contribution in [1.82, 2.24) is 14.7 Å². The van der Waals surface area contributed by atoms with Gasteiger partial charge >= 0.3 is 0 Å². The number of hydrogen-bond acceptors (Lipinski definition) is 5. The Morgan fingerprint density at radius 1 is 1.47 bits per heavy atom. The number of aromatic nitrogens is 2. The molecule has 0 aliphatic heterocycles. The molecule has 1 aromatic rings. The first-order chi connectivity index (χ1) is 7.97. The minimum Gasteiger partial charge on any atom is -0.368 e. The van der Waals surface area contributed by atoms with E-state index in [1.807, 2.05) is 6.92 Å². The van der Waals surface area contributed by atoms with Crippen molar-refractivity contribution in [2.75, 3.05) is 5.73 Å². The Morgan fingerprint density at radius 3 is 2.59 bits per heavy atom. The summed E-state index contributed by atoms with van der Waals surface area (Å²) in [5, 5.41) is 0. The molecule has 0 bridgehead atoms. The van der Waals surface area contributed by atoms with E-state index in [4.69, 9.17) is 5.73 Å². The van der Waals surface area contributed by atoms with Crippen molar-refractivity contribution < 1.29 is 8.42 Å². The van der Waals surface area contributed by atoms with Crippen molar-refractivity contribution >= 4 is 16.0 Å². The number of sulfonamides is 1. The van der Waals surface area contributed by atoms with Crippen LogP contribution in [0, 0.1) is 5.92 Å². The number of anilines is 1. The lowest BCUT2D eigenvalue weighted by molar-refractivity contribution is 0.529. The van der Waals surface area contributed by atoms with Crippen LogP contribution in [0.15, 0.2) is 17.3 Å². The molecule has 1 aliphatic carbocycles. The van der Waals surface area contributed by atoms with E-state index in [0.29, 0.717) is 5.92 Å². The molecule has 0 radical (unpaired) electrons. The van der Waals surface area contributed by atoms with E-state index in [-0.39, 0.29) is 16.9 Å². The van der Waals surface area contributed by atoms with E-state index in [0.717, 1.165) is 6.42 Å². The highest BCUT2D eigenvalue weighted by Gasteiger charge is 2.26. The third kappa shape index (κ3) is 3.37. The number of nitrogens with zero attached hydrogens (tertiary/aromatic N) is 2. The third-order valence-corrected chi connectivity index (χ3v) is 4.24. The average Bonchev–Trinajstić information content (AvgIpc) is 3.01. The van der Waals surface area contributed by atoms with Crippen molar-refractivity contribution in [2.24, 2.45) is 5.92 Å². The van der Waals surface area contributed by atoms with E-state index in [1.54, 1.807) is 0 Å². The minimum atomic E-state index is -3.52. The highest BCUT2D eigenvalue weighted by atomic mass is 32.2. The minimum absolute atomic E-state index is 0.0503. The molecule has 0 amide bonds. The Morgan fingerprint density at radius 2 is 2.06 bits per heavy atom. The number of nitrogens with one attached hydrogen (secondary N) is 1. The van der Waals surface area contributed by atoms with Crippen LogP contribution in [0.25, 0.3) is 0 Å². The van der Waals surface area contributed by atoms with Crippen molar-refractivity contribution in [3.8, 4) is 0 Å². The van der Waals surface area contributed by atoms with Gasteiger partial charge in [-0.15, -0.1) is 0 Å². The summed E-state index contributed by atoms with van der Waals surface area (Å²) in [6.45, 7) is 1.87. The topological polar surface area (TPSA) is 98.0 Å².